The monoisotopic (exact) mass is 466 g/mol. The molecular weight excluding hydrogens is 424 g/mol. The van der Waals surface area contributed by atoms with Crippen LogP contribution < -0.4 is 10.5 Å². The Bertz CT molecular complexity index is 1030. The van der Waals surface area contributed by atoms with E-state index in [4.69, 9.17) is 15.5 Å². The summed E-state index contributed by atoms with van der Waals surface area (Å²) in [7, 11) is 2.19. The van der Waals surface area contributed by atoms with Crippen molar-refractivity contribution in [2.24, 2.45) is 0 Å². The number of unbranched alkanes of at least 4 members (excludes halogenated alkanes) is 2. The molecule has 2 N–H and O–H groups in total. The van der Waals surface area contributed by atoms with Crippen molar-refractivity contribution in [2.75, 3.05) is 25.9 Å². The number of anilines is 1. The van der Waals surface area contributed by atoms with Gasteiger partial charge in [-0.2, -0.15) is 9.97 Å². The first-order valence-electron chi connectivity index (χ1n) is 12.7. The molecule has 7 heteroatoms. The molecule has 0 aliphatic heterocycles. The minimum Gasteiger partial charge on any atom is -0.476 e. The highest BCUT2D eigenvalue weighted by Crippen LogP contribution is 2.27. The summed E-state index contributed by atoms with van der Waals surface area (Å²) in [5, 5.41) is 0. The highest BCUT2D eigenvalue weighted by atomic mass is 16.5. The zero-order valence-electron chi connectivity index (χ0n) is 21.7. The Labute approximate surface area is 204 Å². The summed E-state index contributed by atoms with van der Waals surface area (Å²) in [6.07, 6.45) is 7.14. The third-order valence-electron chi connectivity index (χ3n) is 6.38. The summed E-state index contributed by atoms with van der Waals surface area (Å²) in [4.78, 5) is 16.2. The van der Waals surface area contributed by atoms with Gasteiger partial charge in [-0.3, -0.25) is 0 Å². The van der Waals surface area contributed by atoms with Crippen molar-refractivity contribution >= 4 is 17.1 Å². The number of nitrogens with two attached hydrogens (primary N) is 1. The van der Waals surface area contributed by atoms with Gasteiger partial charge in [0.25, 0.3) is 0 Å². The van der Waals surface area contributed by atoms with Gasteiger partial charge >= 0.3 is 0 Å². The average Bonchev–Trinajstić information content (AvgIpc) is 3.14. The number of aryl methyl sites for hydroxylation is 3. The highest BCUT2D eigenvalue weighted by Gasteiger charge is 2.20. The fraction of sp³-hybridized carbons (Fsp3) is 0.593. The molecule has 0 atom stereocenters. The second-order valence-corrected chi connectivity index (χ2v) is 10.1. The van der Waals surface area contributed by atoms with Crippen molar-refractivity contribution in [3.05, 3.63) is 41.7 Å². The predicted molar refractivity (Wildman–Crippen MR) is 140 cm³/mol. The van der Waals surface area contributed by atoms with E-state index in [1.54, 1.807) is 0 Å². The van der Waals surface area contributed by atoms with Crippen LogP contribution in [0.25, 0.3) is 11.2 Å². The molecule has 2 aromatic heterocycles. The van der Waals surface area contributed by atoms with Gasteiger partial charge in [-0.1, -0.05) is 43.7 Å². The Hall–Kier alpha value is -2.67. The average molecular weight is 467 g/mol. The third kappa shape index (κ3) is 7.16. The highest BCUT2D eigenvalue weighted by molar-refractivity contribution is 5.78. The van der Waals surface area contributed by atoms with E-state index in [1.807, 2.05) is 0 Å². The van der Waals surface area contributed by atoms with Crippen LogP contribution in [0.5, 0.6) is 5.88 Å². The van der Waals surface area contributed by atoms with Crippen LogP contribution in [0, 0.1) is 0 Å². The van der Waals surface area contributed by atoms with E-state index in [0.29, 0.717) is 18.1 Å². The maximum Gasteiger partial charge on any atom is 0.245 e. The maximum absolute atomic E-state index is 6.06. The minimum absolute atomic E-state index is 0.183. The number of ether oxygens (including phenoxy) is 1. The van der Waals surface area contributed by atoms with Gasteiger partial charge in [-0.15, -0.1) is 0 Å². The summed E-state index contributed by atoms with van der Waals surface area (Å²) in [6, 6.07) is 10.6. The molecule has 0 radical (unpaired) electrons. The van der Waals surface area contributed by atoms with Gasteiger partial charge in [0, 0.05) is 18.5 Å². The molecule has 0 amide bonds. The van der Waals surface area contributed by atoms with E-state index in [-0.39, 0.29) is 11.5 Å². The lowest BCUT2D eigenvalue weighted by atomic mass is 10.1. The fourth-order valence-electron chi connectivity index (χ4n) is 3.96. The summed E-state index contributed by atoms with van der Waals surface area (Å²) < 4.78 is 8.33. The molecule has 3 aromatic rings. The molecule has 3 rings (SSSR count). The number of rotatable bonds is 13. The van der Waals surface area contributed by atoms with E-state index in [1.165, 1.54) is 5.56 Å². The first kappa shape index (κ1) is 25.9. The number of imidazole rings is 1. The normalized spacial score (nSPS) is 12.1. The Kier molecular flexibility index (Phi) is 9.28. The number of hydrogen-bond donors (Lipinski definition) is 1. The second kappa shape index (κ2) is 12.2. The van der Waals surface area contributed by atoms with Crippen molar-refractivity contribution in [1.82, 2.24) is 24.4 Å². The number of benzene rings is 1. The minimum atomic E-state index is 0.183. The van der Waals surface area contributed by atoms with Gasteiger partial charge in [0.2, 0.25) is 11.8 Å². The predicted octanol–water partition coefficient (Wildman–Crippen LogP) is 5.27. The number of nitrogen functional groups attached to an aromatic ring is 1. The van der Waals surface area contributed by atoms with Crippen LogP contribution >= 0.6 is 0 Å². The second-order valence-electron chi connectivity index (χ2n) is 10.1. The molecule has 0 aliphatic carbocycles. The molecule has 0 saturated heterocycles. The Morgan fingerprint density at radius 3 is 2.44 bits per heavy atom. The summed E-state index contributed by atoms with van der Waals surface area (Å²) in [5.74, 6) is 1.81. The summed E-state index contributed by atoms with van der Waals surface area (Å²) in [5.41, 5.74) is 9.05. The van der Waals surface area contributed by atoms with Crippen LogP contribution in [-0.4, -0.2) is 50.2 Å². The molecule has 7 nitrogen and oxygen atoms in total. The van der Waals surface area contributed by atoms with Crippen molar-refractivity contribution in [3.8, 4) is 5.88 Å². The molecule has 0 unspecified atom stereocenters. The van der Waals surface area contributed by atoms with Gasteiger partial charge in [0.1, 0.15) is 5.82 Å². The SMILES string of the molecule is CCCCOc1nc(N)nc2nc(CCCCN(C)C(C)(C)C)n(CCCc3ccccc3)c12. The van der Waals surface area contributed by atoms with E-state index < -0.39 is 0 Å². The zero-order valence-corrected chi connectivity index (χ0v) is 21.7. The van der Waals surface area contributed by atoms with Crippen molar-refractivity contribution in [3.63, 3.8) is 0 Å². The van der Waals surface area contributed by atoms with Gasteiger partial charge < -0.3 is 19.9 Å². The van der Waals surface area contributed by atoms with Gasteiger partial charge in [0.05, 0.1) is 6.61 Å². The van der Waals surface area contributed by atoms with Crippen LogP contribution in [0.15, 0.2) is 30.3 Å². The van der Waals surface area contributed by atoms with E-state index >= 15 is 0 Å². The summed E-state index contributed by atoms with van der Waals surface area (Å²) in [6.45, 7) is 11.4. The Balaban J connectivity index is 1.80. The third-order valence-corrected chi connectivity index (χ3v) is 6.38. The van der Waals surface area contributed by atoms with Crippen molar-refractivity contribution in [2.45, 2.75) is 84.7 Å². The number of fused-ring (bicyclic) bond motifs is 1. The number of aromatic nitrogens is 4. The van der Waals surface area contributed by atoms with Crippen molar-refractivity contribution in [1.29, 1.82) is 0 Å². The van der Waals surface area contributed by atoms with Crippen molar-refractivity contribution < 1.29 is 4.74 Å². The molecule has 0 fully saturated rings. The maximum atomic E-state index is 6.06. The molecule has 1 aromatic carbocycles. The van der Waals surface area contributed by atoms with Crippen LogP contribution in [0.4, 0.5) is 5.95 Å². The van der Waals surface area contributed by atoms with Crippen LogP contribution in [0.2, 0.25) is 0 Å². The molecule has 2 heterocycles. The lowest BCUT2D eigenvalue weighted by Gasteiger charge is -2.31. The quantitative estimate of drug-likeness (QED) is 0.345. The smallest absolute Gasteiger partial charge is 0.245 e. The van der Waals surface area contributed by atoms with E-state index in [0.717, 1.165) is 69.4 Å². The molecule has 0 spiro atoms. The lowest BCUT2D eigenvalue weighted by molar-refractivity contribution is 0.172. The Morgan fingerprint density at radius 2 is 1.74 bits per heavy atom. The first-order chi connectivity index (χ1) is 16.3. The van der Waals surface area contributed by atoms with Crippen LogP contribution in [-0.2, 0) is 19.4 Å². The van der Waals surface area contributed by atoms with Crippen LogP contribution in [0.3, 0.4) is 0 Å². The van der Waals surface area contributed by atoms with Gasteiger partial charge in [-0.25, -0.2) is 4.98 Å². The zero-order chi connectivity index (χ0) is 24.6. The molecule has 34 heavy (non-hydrogen) atoms. The number of nitrogens with zero attached hydrogens (tertiary/aromatic N) is 5. The molecular formula is C27H42N6O. The summed E-state index contributed by atoms with van der Waals surface area (Å²) >= 11 is 0. The standard InChI is InChI=1S/C27H42N6O/c1-6-7-20-34-25-23-24(30-26(28)31-25)29-22(17-11-12-18-32(5)27(2,3)4)33(23)19-13-16-21-14-9-8-10-15-21/h8-10,14-15H,6-7,11-13,16-20H2,1-5H3,(H2,28,30,31). The molecule has 0 aliphatic rings. The number of hydrogen-bond acceptors (Lipinski definition) is 6. The molecule has 0 saturated carbocycles. The topological polar surface area (TPSA) is 82.1 Å². The Morgan fingerprint density at radius 1 is 0.971 bits per heavy atom. The van der Waals surface area contributed by atoms with Crippen LogP contribution in [0.1, 0.15) is 71.2 Å². The largest absolute Gasteiger partial charge is 0.476 e. The molecule has 0 bridgehead atoms. The van der Waals surface area contributed by atoms with E-state index in [9.17, 15) is 0 Å². The fourth-order valence-corrected chi connectivity index (χ4v) is 3.96. The molecule has 186 valence electrons. The van der Waals surface area contributed by atoms with Gasteiger partial charge in [-0.05, 0) is 72.0 Å². The van der Waals surface area contributed by atoms with Gasteiger partial charge in [0.15, 0.2) is 11.2 Å². The first-order valence-corrected chi connectivity index (χ1v) is 12.7. The van der Waals surface area contributed by atoms with E-state index in [2.05, 4.69) is 84.5 Å². The lowest BCUT2D eigenvalue weighted by Crippen LogP contribution is -2.38.